The van der Waals surface area contributed by atoms with Gasteiger partial charge in [0.15, 0.2) is 0 Å². The first kappa shape index (κ1) is 14.8. The fourth-order valence-electron chi connectivity index (χ4n) is 2.67. The van der Waals surface area contributed by atoms with Gasteiger partial charge in [-0.1, -0.05) is 0 Å². The molecule has 0 amide bonds. The van der Waals surface area contributed by atoms with E-state index in [1.807, 2.05) is 0 Å². The van der Waals surface area contributed by atoms with Crippen LogP contribution in [0.3, 0.4) is 0 Å². The molecule has 1 aliphatic rings. The summed E-state index contributed by atoms with van der Waals surface area (Å²) in [5, 5.41) is 3.42. The average Bonchev–Trinajstić information content (AvgIpc) is 2.43. The maximum absolute atomic E-state index is 5.36. The molecule has 1 aromatic rings. The summed E-state index contributed by atoms with van der Waals surface area (Å²) < 4.78 is 11.7. The third-order valence-corrected chi connectivity index (χ3v) is 4.36. The average molecular weight is 328 g/mol. The molecule has 19 heavy (non-hydrogen) atoms. The molecule has 2 rings (SSSR count). The lowest BCUT2D eigenvalue weighted by Gasteiger charge is -2.24. The summed E-state index contributed by atoms with van der Waals surface area (Å²) in [6.45, 7) is 2.92. The molecule has 0 bridgehead atoms. The normalized spacial score (nSPS) is 16.6. The van der Waals surface area contributed by atoms with E-state index in [-0.39, 0.29) is 0 Å². The van der Waals surface area contributed by atoms with Crippen LogP contribution in [0.1, 0.15) is 24.0 Å². The van der Waals surface area contributed by atoms with Crippen LogP contribution in [-0.2, 0) is 17.8 Å². The molecule has 0 radical (unpaired) electrons. The van der Waals surface area contributed by atoms with E-state index in [0.717, 1.165) is 35.7 Å². The number of rotatable bonds is 5. The Morgan fingerprint density at radius 1 is 1.21 bits per heavy atom. The standard InChI is InChI=1S/C15H22BrNO2/c1-18-10-13-9-15(19-2)14(16)8-12(13)7-11-3-5-17-6-4-11/h8-9,11,17H,3-7,10H2,1-2H3. The van der Waals surface area contributed by atoms with Crippen LogP contribution in [0.2, 0.25) is 0 Å². The number of halogens is 1. The van der Waals surface area contributed by atoms with Crippen LogP contribution in [0, 0.1) is 5.92 Å². The zero-order valence-electron chi connectivity index (χ0n) is 11.7. The van der Waals surface area contributed by atoms with Crippen molar-refractivity contribution in [3.8, 4) is 5.75 Å². The van der Waals surface area contributed by atoms with Crippen molar-refractivity contribution < 1.29 is 9.47 Å². The van der Waals surface area contributed by atoms with Gasteiger partial charge in [-0.25, -0.2) is 0 Å². The van der Waals surface area contributed by atoms with Gasteiger partial charge >= 0.3 is 0 Å². The smallest absolute Gasteiger partial charge is 0.133 e. The maximum atomic E-state index is 5.36. The largest absolute Gasteiger partial charge is 0.496 e. The molecule has 4 heteroatoms. The molecule has 0 aliphatic carbocycles. The second-order valence-electron chi connectivity index (χ2n) is 5.09. The minimum Gasteiger partial charge on any atom is -0.496 e. The van der Waals surface area contributed by atoms with Crippen LogP contribution in [0.4, 0.5) is 0 Å². The summed E-state index contributed by atoms with van der Waals surface area (Å²) in [5.41, 5.74) is 2.61. The summed E-state index contributed by atoms with van der Waals surface area (Å²) in [7, 11) is 3.44. The molecule has 1 saturated heterocycles. The zero-order chi connectivity index (χ0) is 13.7. The van der Waals surface area contributed by atoms with E-state index in [9.17, 15) is 0 Å². The Morgan fingerprint density at radius 3 is 2.58 bits per heavy atom. The maximum Gasteiger partial charge on any atom is 0.133 e. The topological polar surface area (TPSA) is 30.5 Å². The van der Waals surface area contributed by atoms with Crippen LogP contribution >= 0.6 is 15.9 Å². The van der Waals surface area contributed by atoms with Crippen LogP contribution in [0.5, 0.6) is 5.75 Å². The van der Waals surface area contributed by atoms with Gasteiger partial charge in [0.05, 0.1) is 18.2 Å². The summed E-state index contributed by atoms with van der Waals surface area (Å²) in [5.74, 6) is 1.65. The molecule has 1 heterocycles. The lowest BCUT2D eigenvalue weighted by molar-refractivity contribution is 0.183. The molecule has 0 aromatic heterocycles. The molecule has 0 unspecified atom stereocenters. The Hall–Kier alpha value is -0.580. The van der Waals surface area contributed by atoms with Crippen LogP contribution in [0.15, 0.2) is 16.6 Å². The first-order valence-electron chi connectivity index (χ1n) is 6.79. The molecular weight excluding hydrogens is 306 g/mol. The van der Waals surface area contributed by atoms with Gasteiger partial charge in [-0.15, -0.1) is 0 Å². The van der Waals surface area contributed by atoms with Crippen molar-refractivity contribution in [1.29, 1.82) is 0 Å². The predicted molar refractivity (Wildman–Crippen MR) is 80.7 cm³/mol. The predicted octanol–water partition coefficient (Wildman–Crippen LogP) is 3.15. The summed E-state index contributed by atoms with van der Waals surface area (Å²) >= 11 is 3.58. The third kappa shape index (κ3) is 3.94. The number of ether oxygens (including phenoxy) is 2. The first-order valence-corrected chi connectivity index (χ1v) is 7.58. The van der Waals surface area contributed by atoms with Gasteiger partial charge in [0.1, 0.15) is 5.75 Å². The fraction of sp³-hybridized carbons (Fsp3) is 0.600. The summed E-state index contributed by atoms with van der Waals surface area (Å²) in [6.07, 6.45) is 3.65. The van der Waals surface area contributed by atoms with Crippen LogP contribution < -0.4 is 10.1 Å². The molecule has 106 valence electrons. The van der Waals surface area contributed by atoms with E-state index >= 15 is 0 Å². The molecule has 0 saturated carbocycles. The molecule has 1 aromatic carbocycles. The first-order chi connectivity index (χ1) is 9.24. The highest BCUT2D eigenvalue weighted by Gasteiger charge is 2.17. The summed E-state index contributed by atoms with van der Waals surface area (Å²) in [4.78, 5) is 0. The Bertz CT molecular complexity index is 417. The van der Waals surface area contributed by atoms with Crippen molar-refractivity contribution in [3.05, 3.63) is 27.7 Å². The Labute approximate surface area is 123 Å². The van der Waals surface area contributed by atoms with Gasteiger partial charge < -0.3 is 14.8 Å². The van der Waals surface area contributed by atoms with E-state index in [0.29, 0.717) is 6.61 Å². The van der Waals surface area contributed by atoms with Crippen molar-refractivity contribution in [1.82, 2.24) is 5.32 Å². The van der Waals surface area contributed by atoms with Crippen molar-refractivity contribution in [2.24, 2.45) is 5.92 Å². The van der Waals surface area contributed by atoms with Crippen molar-refractivity contribution in [2.75, 3.05) is 27.3 Å². The minimum absolute atomic E-state index is 0.643. The molecular formula is C15H22BrNO2. The van der Waals surface area contributed by atoms with Gasteiger partial charge in [0.25, 0.3) is 0 Å². The Kier molecular flexibility index (Phi) is 5.67. The van der Waals surface area contributed by atoms with Crippen molar-refractivity contribution >= 4 is 15.9 Å². The highest BCUT2D eigenvalue weighted by Crippen LogP contribution is 2.31. The number of hydrogen-bond donors (Lipinski definition) is 1. The molecule has 0 spiro atoms. The quantitative estimate of drug-likeness (QED) is 0.901. The summed E-state index contributed by atoms with van der Waals surface area (Å²) in [6, 6.07) is 4.28. The fourth-order valence-corrected chi connectivity index (χ4v) is 3.22. The highest BCUT2D eigenvalue weighted by molar-refractivity contribution is 9.10. The molecule has 1 aliphatic heterocycles. The SMILES string of the molecule is COCc1cc(OC)c(Br)cc1CC1CCNCC1. The lowest BCUT2D eigenvalue weighted by Crippen LogP contribution is -2.28. The van der Waals surface area contributed by atoms with E-state index in [4.69, 9.17) is 9.47 Å². The number of piperidine rings is 1. The van der Waals surface area contributed by atoms with E-state index in [2.05, 4.69) is 33.4 Å². The number of hydrogen-bond acceptors (Lipinski definition) is 3. The minimum atomic E-state index is 0.643. The number of nitrogens with one attached hydrogen (secondary N) is 1. The van der Waals surface area contributed by atoms with Gasteiger partial charge in [0, 0.05) is 7.11 Å². The van der Waals surface area contributed by atoms with Crippen molar-refractivity contribution in [3.63, 3.8) is 0 Å². The second kappa shape index (κ2) is 7.27. The van der Waals surface area contributed by atoms with Crippen LogP contribution in [-0.4, -0.2) is 27.3 Å². The second-order valence-corrected chi connectivity index (χ2v) is 5.94. The van der Waals surface area contributed by atoms with Gasteiger partial charge in [0.2, 0.25) is 0 Å². The lowest BCUT2D eigenvalue weighted by atomic mass is 9.89. The molecule has 1 N–H and O–H groups in total. The van der Waals surface area contributed by atoms with Gasteiger partial charge in [-0.05, 0) is 77.5 Å². The molecule has 3 nitrogen and oxygen atoms in total. The monoisotopic (exact) mass is 327 g/mol. The third-order valence-electron chi connectivity index (χ3n) is 3.74. The Balaban J connectivity index is 2.18. The van der Waals surface area contributed by atoms with Gasteiger partial charge in [-0.3, -0.25) is 0 Å². The van der Waals surface area contributed by atoms with Gasteiger partial charge in [-0.2, -0.15) is 0 Å². The van der Waals surface area contributed by atoms with E-state index in [1.165, 1.54) is 24.0 Å². The zero-order valence-corrected chi connectivity index (χ0v) is 13.3. The number of benzene rings is 1. The van der Waals surface area contributed by atoms with Crippen LogP contribution in [0.25, 0.3) is 0 Å². The highest BCUT2D eigenvalue weighted by atomic mass is 79.9. The molecule has 1 fully saturated rings. The van der Waals surface area contributed by atoms with Crippen molar-refractivity contribution in [2.45, 2.75) is 25.9 Å². The van der Waals surface area contributed by atoms with E-state index in [1.54, 1.807) is 14.2 Å². The van der Waals surface area contributed by atoms with E-state index < -0.39 is 0 Å². The molecule has 0 atom stereocenters. The number of methoxy groups -OCH3 is 2. The Morgan fingerprint density at radius 2 is 1.95 bits per heavy atom.